The number of carbonyl (C=O) groups is 1. The quantitative estimate of drug-likeness (QED) is 0.618. The van der Waals surface area contributed by atoms with E-state index in [2.05, 4.69) is 52.6 Å². The van der Waals surface area contributed by atoms with Crippen LogP contribution in [0.3, 0.4) is 0 Å². The number of hydrogen-bond acceptors (Lipinski definition) is 4. The van der Waals surface area contributed by atoms with Crippen LogP contribution in [-0.2, 0) is 0 Å². The first-order valence-electron chi connectivity index (χ1n) is 11.5. The fourth-order valence-electron chi connectivity index (χ4n) is 4.71. The molecule has 5 rings (SSSR count). The van der Waals surface area contributed by atoms with Gasteiger partial charge in [-0.25, -0.2) is 0 Å². The van der Waals surface area contributed by atoms with Crippen molar-refractivity contribution in [2.24, 2.45) is 0 Å². The minimum Gasteiger partial charge on any atom is -0.355 e. The highest BCUT2D eigenvalue weighted by molar-refractivity contribution is 5.98. The average molecular weight is 415 g/mol. The Balaban J connectivity index is 1.48. The van der Waals surface area contributed by atoms with Crippen molar-refractivity contribution in [3.63, 3.8) is 0 Å². The zero-order valence-electron chi connectivity index (χ0n) is 18.4. The van der Waals surface area contributed by atoms with Crippen molar-refractivity contribution in [3.8, 4) is 11.1 Å². The van der Waals surface area contributed by atoms with Gasteiger partial charge in [0, 0.05) is 35.5 Å². The van der Waals surface area contributed by atoms with Crippen LogP contribution in [-0.4, -0.2) is 35.2 Å². The molecular formula is C26H30N4O. The lowest BCUT2D eigenvalue weighted by atomic mass is 9.94. The summed E-state index contributed by atoms with van der Waals surface area (Å²) in [4.78, 5) is 14.9. The topological polar surface area (TPSA) is 58.1 Å². The third-order valence-electron chi connectivity index (χ3n) is 6.82. The van der Waals surface area contributed by atoms with Crippen molar-refractivity contribution >= 4 is 22.5 Å². The summed E-state index contributed by atoms with van der Waals surface area (Å²) in [6.07, 6.45) is 10.4. The minimum atomic E-state index is 0.0202. The van der Waals surface area contributed by atoms with Crippen molar-refractivity contribution in [1.29, 1.82) is 0 Å². The lowest BCUT2D eigenvalue weighted by Crippen LogP contribution is -2.34. The average Bonchev–Trinajstić information content (AvgIpc) is 3.62. The fraction of sp³-hybridized carbons (Fsp3) is 0.423. The van der Waals surface area contributed by atoms with Crippen LogP contribution in [0, 0.1) is 6.92 Å². The Morgan fingerprint density at radius 2 is 1.84 bits per heavy atom. The molecule has 1 heterocycles. The number of aromatic nitrogens is 2. The molecule has 160 valence electrons. The number of carbonyl (C=O) groups excluding carboxylic acids is 1. The molecule has 0 saturated heterocycles. The standard InChI is InChI=1S/C26H30N4O/c1-17-8-9-19(26(31)28-21-11-12-21)15-24(17)18-10-13-23-20(14-18)16-27-29-25(23)30(2)22-6-4-3-5-7-22/h8-10,13-16,21-22H,3-7,11-12H2,1-2H3,(H,28,31). The predicted octanol–water partition coefficient (Wildman–Crippen LogP) is 5.27. The van der Waals surface area contributed by atoms with Crippen LogP contribution in [0.1, 0.15) is 60.9 Å². The molecule has 2 aliphatic rings. The number of nitrogens with one attached hydrogen (secondary N) is 1. The second kappa shape index (κ2) is 8.29. The number of aryl methyl sites for hydroxylation is 1. The summed E-state index contributed by atoms with van der Waals surface area (Å²) in [7, 11) is 2.15. The Labute approximate surface area is 183 Å². The van der Waals surface area contributed by atoms with E-state index >= 15 is 0 Å². The summed E-state index contributed by atoms with van der Waals surface area (Å²) < 4.78 is 0. The molecule has 2 fully saturated rings. The van der Waals surface area contributed by atoms with Crippen LogP contribution >= 0.6 is 0 Å². The van der Waals surface area contributed by atoms with E-state index in [9.17, 15) is 4.79 Å². The van der Waals surface area contributed by atoms with Gasteiger partial charge < -0.3 is 10.2 Å². The zero-order chi connectivity index (χ0) is 21.4. The third-order valence-corrected chi connectivity index (χ3v) is 6.82. The summed E-state index contributed by atoms with van der Waals surface area (Å²) in [5, 5.41) is 14.1. The lowest BCUT2D eigenvalue weighted by molar-refractivity contribution is 0.0951. The SMILES string of the molecule is Cc1ccc(C(=O)NC2CC2)cc1-c1ccc2c(N(C)C3CCCCC3)nncc2c1. The molecule has 2 aliphatic carbocycles. The highest BCUT2D eigenvalue weighted by Gasteiger charge is 2.24. The van der Waals surface area contributed by atoms with Gasteiger partial charge in [0.15, 0.2) is 5.82 Å². The van der Waals surface area contributed by atoms with E-state index in [0.717, 1.165) is 51.7 Å². The van der Waals surface area contributed by atoms with Crippen molar-refractivity contribution < 1.29 is 4.79 Å². The number of amides is 1. The first-order valence-corrected chi connectivity index (χ1v) is 11.5. The largest absolute Gasteiger partial charge is 0.355 e. The summed E-state index contributed by atoms with van der Waals surface area (Å²) in [5.41, 5.74) is 4.07. The molecule has 0 spiro atoms. The molecule has 3 aromatic rings. The second-order valence-electron chi connectivity index (χ2n) is 9.15. The van der Waals surface area contributed by atoms with E-state index in [1.54, 1.807) is 0 Å². The van der Waals surface area contributed by atoms with E-state index in [0.29, 0.717) is 12.1 Å². The van der Waals surface area contributed by atoms with Crippen LogP contribution in [0.5, 0.6) is 0 Å². The molecule has 2 aromatic carbocycles. The third kappa shape index (κ3) is 4.14. The van der Waals surface area contributed by atoms with Crippen molar-refractivity contribution in [1.82, 2.24) is 15.5 Å². The van der Waals surface area contributed by atoms with Gasteiger partial charge in [-0.1, -0.05) is 31.4 Å². The van der Waals surface area contributed by atoms with Crippen molar-refractivity contribution in [2.75, 3.05) is 11.9 Å². The first kappa shape index (κ1) is 20.0. The Bertz CT molecular complexity index is 1120. The molecule has 0 radical (unpaired) electrons. The molecule has 5 nitrogen and oxygen atoms in total. The van der Waals surface area contributed by atoms with Crippen LogP contribution in [0.2, 0.25) is 0 Å². The summed E-state index contributed by atoms with van der Waals surface area (Å²) in [6, 6.07) is 13.3. The molecule has 0 aliphatic heterocycles. The summed E-state index contributed by atoms with van der Waals surface area (Å²) in [5.74, 6) is 0.983. The van der Waals surface area contributed by atoms with Gasteiger partial charge in [-0.2, -0.15) is 5.10 Å². The van der Waals surface area contributed by atoms with Crippen LogP contribution in [0.4, 0.5) is 5.82 Å². The van der Waals surface area contributed by atoms with Crippen LogP contribution in [0.25, 0.3) is 21.9 Å². The normalized spacial score (nSPS) is 17.0. The maximum absolute atomic E-state index is 12.5. The molecule has 0 unspecified atom stereocenters. The van der Waals surface area contributed by atoms with Gasteiger partial charge in [0.1, 0.15) is 0 Å². The Kier molecular flexibility index (Phi) is 5.34. The molecular weight excluding hydrogens is 384 g/mol. The van der Waals surface area contributed by atoms with Gasteiger partial charge >= 0.3 is 0 Å². The second-order valence-corrected chi connectivity index (χ2v) is 9.15. The predicted molar refractivity (Wildman–Crippen MR) is 125 cm³/mol. The molecule has 1 amide bonds. The molecule has 1 N–H and O–H groups in total. The van der Waals surface area contributed by atoms with Gasteiger partial charge in [-0.3, -0.25) is 4.79 Å². The van der Waals surface area contributed by atoms with Gasteiger partial charge in [0.2, 0.25) is 0 Å². The van der Waals surface area contributed by atoms with Crippen molar-refractivity contribution in [2.45, 2.75) is 64.0 Å². The number of rotatable bonds is 5. The highest BCUT2D eigenvalue weighted by atomic mass is 16.1. The number of fused-ring (bicyclic) bond motifs is 1. The summed E-state index contributed by atoms with van der Waals surface area (Å²) in [6.45, 7) is 2.09. The molecule has 2 saturated carbocycles. The molecule has 5 heteroatoms. The maximum Gasteiger partial charge on any atom is 0.251 e. The highest BCUT2D eigenvalue weighted by Crippen LogP contribution is 2.33. The number of nitrogens with zero attached hydrogens (tertiary/aromatic N) is 3. The van der Waals surface area contributed by atoms with Gasteiger partial charge in [0.05, 0.1) is 6.20 Å². The van der Waals surface area contributed by atoms with E-state index < -0.39 is 0 Å². The van der Waals surface area contributed by atoms with E-state index in [-0.39, 0.29) is 5.91 Å². The van der Waals surface area contributed by atoms with Gasteiger partial charge in [0.25, 0.3) is 5.91 Å². The summed E-state index contributed by atoms with van der Waals surface area (Å²) >= 11 is 0. The van der Waals surface area contributed by atoms with Gasteiger partial charge in [-0.05, 0) is 73.6 Å². The minimum absolute atomic E-state index is 0.0202. The monoisotopic (exact) mass is 414 g/mol. The van der Waals surface area contributed by atoms with Crippen LogP contribution in [0.15, 0.2) is 42.6 Å². The first-order chi connectivity index (χ1) is 15.1. The molecule has 1 aromatic heterocycles. The number of anilines is 1. The fourth-order valence-corrected chi connectivity index (χ4v) is 4.71. The zero-order valence-corrected chi connectivity index (χ0v) is 18.4. The van der Waals surface area contributed by atoms with E-state index in [1.807, 2.05) is 24.4 Å². The lowest BCUT2D eigenvalue weighted by Gasteiger charge is -2.32. The van der Waals surface area contributed by atoms with Gasteiger partial charge in [-0.15, -0.1) is 5.10 Å². The number of benzene rings is 2. The maximum atomic E-state index is 12.5. The molecule has 31 heavy (non-hydrogen) atoms. The Morgan fingerprint density at radius 1 is 1.03 bits per heavy atom. The van der Waals surface area contributed by atoms with E-state index in [4.69, 9.17) is 0 Å². The van der Waals surface area contributed by atoms with E-state index in [1.165, 1.54) is 32.1 Å². The Morgan fingerprint density at radius 3 is 2.61 bits per heavy atom. The number of hydrogen-bond donors (Lipinski definition) is 1. The Hall–Kier alpha value is -2.95. The smallest absolute Gasteiger partial charge is 0.251 e. The van der Waals surface area contributed by atoms with Crippen LogP contribution < -0.4 is 10.2 Å². The molecule has 0 atom stereocenters. The van der Waals surface area contributed by atoms with Crippen molar-refractivity contribution in [3.05, 3.63) is 53.7 Å². The molecule has 0 bridgehead atoms.